The molecule has 0 atom stereocenters. The molecule has 3 aromatic rings. The molecule has 2 amide bonds. The zero-order valence-electron chi connectivity index (χ0n) is 17.9. The molecule has 4 rings (SSSR count). The molecule has 1 fully saturated rings. The summed E-state index contributed by atoms with van der Waals surface area (Å²) in [4.78, 5) is 27.9. The van der Waals surface area contributed by atoms with Crippen molar-refractivity contribution in [3.63, 3.8) is 0 Å². The summed E-state index contributed by atoms with van der Waals surface area (Å²) in [5, 5.41) is 2.82. The number of carbonyl (C=O) groups excluding carboxylic acids is 2. The number of furan rings is 1. The highest BCUT2D eigenvalue weighted by Crippen LogP contribution is 2.25. The van der Waals surface area contributed by atoms with Crippen LogP contribution in [0.2, 0.25) is 0 Å². The molecule has 164 valence electrons. The summed E-state index contributed by atoms with van der Waals surface area (Å²) in [6, 6.07) is 18.7. The van der Waals surface area contributed by atoms with Gasteiger partial charge in [-0.1, -0.05) is 45.8 Å². The van der Waals surface area contributed by atoms with Crippen molar-refractivity contribution >= 4 is 33.8 Å². The lowest BCUT2D eigenvalue weighted by Gasteiger charge is -2.27. The van der Waals surface area contributed by atoms with E-state index < -0.39 is 0 Å². The zero-order valence-corrected chi connectivity index (χ0v) is 19.5. The fraction of sp³-hybridized carbons (Fsp3) is 0.231. The highest BCUT2D eigenvalue weighted by atomic mass is 79.9. The lowest BCUT2D eigenvalue weighted by molar-refractivity contribution is -0.128. The minimum absolute atomic E-state index is 0.188. The molecule has 0 unspecified atom stereocenters. The molecule has 0 radical (unpaired) electrons. The van der Waals surface area contributed by atoms with E-state index in [2.05, 4.69) is 21.2 Å². The predicted octanol–water partition coefficient (Wildman–Crippen LogP) is 5.80. The van der Waals surface area contributed by atoms with Gasteiger partial charge in [-0.15, -0.1) is 0 Å². The molecule has 5 nitrogen and oxygen atoms in total. The van der Waals surface area contributed by atoms with Gasteiger partial charge >= 0.3 is 0 Å². The number of benzene rings is 2. The van der Waals surface area contributed by atoms with Gasteiger partial charge in [0.1, 0.15) is 17.2 Å². The third-order valence-electron chi connectivity index (χ3n) is 5.48. The summed E-state index contributed by atoms with van der Waals surface area (Å²) in [7, 11) is 0. The van der Waals surface area contributed by atoms with Gasteiger partial charge in [-0.05, 0) is 62.6 Å². The Morgan fingerprint density at radius 3 is 2.31 bits per heavy atom. The highest BCUT2D eigenvalue weighted by Gasteiger charge is 2.23. The van der Waals surface area contributed by atoms with E-state index in [9.17, 15) is 9.59 Å². The standard InChI is InChI=1S/C26H25BrN2O3/c1-18-5-7-20(8-6-18)25(30)28-23(26(31)29-15-3-2-4-16-29)17-22-13-14-24(32-22)19-9-11-21(27)12-10-19/h5-14,17H,2-4,15-16H2,1H3,(H,28,30)/b23-17+. The molecule has 0 bridgehead atoms. The van der Waals surface area contributed by atoms with Gasteiger partial charge in [-0.3, -0.25) is 9.59 Å². The van der Waals surface area contributed by atoms with Crippen LogP contribution in [0.4, 0.5) is 0 Å². The zero-order chi connectivity index (χ0) is 22.5. The number of hydrogen-bond donors (Lipinski definition) is 1. The van der Waals surface area contributed by atoms with Gasteiger partial charge in [0.25, 0.3) is 11.8 Å². The maximum atomic E-state index is 13.2. The Balaban J connectivity index is 1.61. The van der Waals surface area contributed by atoms with E-state index in [4.69, 9.17) is 4.42 Å². The normalized spacial score (nSPS) is 14.3. The van der Waals surface area contributed by atoms with E-state index in [1.807, 2.05) is 49.4 Å². The Labute approximate surface area is 196 Å². The van der Waals surface area contributed by atoms with Crippen LogP contribution < -0.4 is 5.32 Å². The van der Waals surface area contributed by atoms with E-state index in [-0.39, 0.29) is 17.5 Å². The van der Waals surface area contributed by atoms with Crippen LogP contribution in [0.3, 0.4) is 0 Å². The minimum atomic E-state index is -0.318. The topological polar surface area (TPSA) is 62.6 Å². The van der Waals surface area contributed by atoms with Gasteiger partial charge in [-0.25, -0.2) is 0 Å². The van der Waals surface area contributed by atoms with E-state index in [0.29, 0.717) is 30.2 Å². The summed E-state index contributed by atoms with van der Waals surface area (Å²) in [6.45, 7) is 3.35. The smallest absolute Gasteiger partial charge is 0.270 e. The molecule has 2 heterocycles. The van der Waals surface area contributed by atoms with Crippen LogP contribution in [0.15, 0.2) is 75.3 Å². The van der Waals surface area contributed by atoms with Crippen molar-refractivity contribution in [2.24, 2.45) is 0 Å². The fourth-order valence-corrected chi connectivity index (χ4v) is 3.92. The molecule has 0 spiro atoms. The molecule has 0 saturated carbocycles. The summed E-state index contributed by atoms with van der Waals surface area (Å²) in [5.41, 5.74) is 2.72. The number of piperidine rings is 1. The first kappa shape index (κ1) is 22.1. The third kappa shape index (κ3) is 5.37. The van der Waals surface area contributed by atoms with E-state index in [1.54, 1.807) is 29.2 Å². The van der Waals surface area contributed by atoms with Crippen LogP contribution in [-0.4, -0.2) is 29.8 Å². The van der Waals surface area contributed by atoms with Crippen molar-refractivity contribution in [1.29, 1.82) is 0 Å². The van der Waals surface area contributed by atoms with Crippen molar-refractivity contribution < 1.29 is 14.0 Å². The first-order valence-electron chi connectivity index (χ1n) is 10.7. The second kappa shape index (κ2) is 10.0. The maximum absolute atomic E-state index is 13.2. The van der Waals surface area contributed by atoms with Crippen molar-refractivity contribution in [3.05, 3.63) is 87.7 Å². The predicted molar refractivity (Wildman–Crippen MR) is 129 cm³/mol. The van der Waals surface area contributed by atoms with Crippen molar-refractivity contribution in [1.82, 2.24) is 10.2 Å². The number of nitrogens with zero attached hydrogens (tertiary/aromatic N) is 1. The Kier molecular flexibility index (Phi) is 6.90. The molecule has 32 heavy (non-hydrogen) atoms. The van der Waals surface area contributed by atoms with E-state index in [1.165, 1.54) is 0 Å². The van der Waals surface area contributed by atoms with Crippen LogP contribution in [0.5, 0.6) is 0 Å². The van der Waals surface area contributed by atoms with Gasteiger partial charge in [0.05, 0.1) is 0 Å². The van der Waals surface area contributed by atoms with Gasteiger partial charge in [0, 0.05) is 34.8 Å². The highest BCUT2D eigenvalue weighted by molar-refractivity contribution is 9.10. The second-order valence-electron chi connectivity index (χ2n) is 7.94. The monoisotopic (exact) mass is 492 g/mol. The van der Waals surface area contributed by atoms with Gasteiger partial charge in [-0.2, -0.15) is 0 Å². The van der Waals surface area contributed by atoms with Crippen LogP contribution in [0.1, 0.15) is 40.9 Å². The Hall–Kier alpha value is -3.12. The molecule has 1 aromatic heterocycles. The Morgan fingerprint density at radius 1 is 0.938 bits per heavy atom. The van der Waals surface area contributed by atoms with Gasteiger partial charge in [0.15, 0.2) is 0 Å². The lowest BCUT2D eigenvalue weighted by Crippen LogP contribution is -2.41. The van der Waals surface area contributed by atoms with Gasteiger partial charge < -0.3 is 14.6 Å². The third-order valence-corrected chi connectivity index (χ3v) is 6.01. The number of aryl methyl sites for hydroxylation is 1. The second-order valence-corrected chi connectivity index (χ2v) is 8.86. The number of amides is 2. The number of halogens is 1. The summed E-state index contributed by atoms with van der Waals surface area (Å²) < 4.78 is 6.95. The SMILES string of the molecule is Cc1ccc(C(=O)N/C(=C/c2ccc(-c3ccc(Br)cc3)o2)C(=O)N2CCCCC2)cc1. The van der Waals surface area contributed by atoms with E-state index >= 15 is 0 Å². The molecule has 1 aliphatic heterocycles. The first-order valence-corrected chi connectivity index (χ1v) is 11.5. The quantitative estimate of drug-likeness (QED) is 0.457. The van der Waals surface area contributed by atoms with Crippen LogP contribution in [0, 0.1) is 6.92 Å². The molecule has 1 aliphatic rings. The lowest BCUT2D eigenvalue weighted by atomic mass is 10.1. The summed E-state index contributed by atoms with van der Waals surface area (Å²) in [6.07, 6.45) is 4.68. The summed E-state index contributed by atoms with van der Waals surface area (Å²) >= 11 is 3.43. The average Bonchev–Trinajstić information content (AvgIpc) is 3.28. The van der Waals surface area contributed by atoms with Crippen molar-refractivity contribution in [2.45, 2.75) is 26.2 Å². The molecule has 1 N–H and O–H groups in total. The number of rotatable bonds is 5. The molecule has 1 saturated heterocycles. The number of hydrogen-bond acceptors (Lipinski definition) is 3. The molecule has 2 aromatic carbocycles. The molecule has 0 aliphatic carbocycles. The van der Waals surface area contributed by atoms with Crippen LogP contribution >= 0.6 is 15.9 Å². The number of likely N-dealkylation sites (tertiary alicyclic amines) is 1. The fourth-order valence-electron chi connectivity index (χ4n) is 3.66. The number of carbonyl (C=O) groups is 2. The largest absolute Gasteiger partial charge is 0.457 e. The van der Waals surface area contributed by atoms with Crippen molar-refractivity contribution in [2.75, 3.05) is 13.1 Å². The number of nitrogens with one attached hydrogen (secondary N) is 1. The first-order chi connectivity index (χ1) is 15.5. The molecular formula is C26H25BrN2O3. The Morgan fingerprint density at radius 2 is 1.62 bits per heavy atom. The van der Waals surface area contributed by atoms with Crippen molar-refractivity contribution in [3.8, 4) is 11.3 Å². The molecule has 6 heteroatoms. The summed E-state index contributed by atoms with van der Waals surface area (Å²) in [5.74, 6) is 0.693. The van der Waals surface area contributed by atoms with Crippen LogP contribution in [-0.2, 0) is 4.79 Å². The minimum Gasteiger partial charge on any atom is -0.457 e. The van der Waals surface area contributed by atoms with E-state index in [0.717, 1.165) is 34.9 Å². The van der Waals surface area contributed by atoms with Gasteiger partial charge in [0.2, 0.25) is 0 Å². The average molecular weight is 493 g/mol. The Bertz CT molecular complexity index is 1120. The van der Waals surface area contributed by atoms with Crippen LogP contribution in [0.25, 0.3) is 17.4 Å². The molecular weight excluding hydrogens is 468 g/mol. The maximum Gasteiger partial charge on any atom is 0.270 e.